The summed E-state index contributed by atoms with van der Waals surface area (Å²) in [5, 5.41) is 0. The van der Waals surface area contributed by atoms with Crippen molar-refractivity contribution in [3.05, 3.63) is 39.7 Å². The number of rotatable bonds is 6. The molecular formula is C17H14BrNO3S2. The van der Waals surface area contributed by atoms with Crippen LogP contribution < -0.4 is 9.47 Å². The molecule has 24 heavy (non-hydrogen) atoms. The second-order valence-corrected chi connectivity index (χ2v) is 7.14. The van der Waals surface area contributed by atoms with Crippen LogP contribution in [0.25, 0.3) is 6.08 Å². The Bertz CT molecular complexity index is 768. The summed E-state index contributed by atoms with van der Waals surface area (Å²) in [6.45, 7) is 4.17. The second kappa shape index (κ2) is 8.38. The molecule has 0 radical (unpaired) electrons. The fourth-order valence-corrected chi connectivity index (χ4v) is 3.86. The number of halogens is 1. The molecule has 0 saturated carbocycles. The molecule has 7 heteroatoms. The molecule has 4 nitrogen and oxygen atoms in total. The third kappa shape index (κ3) is 4.01. The highest BCUT2D eigenvalue weighted by Gasteiger charge is 2.31. The Morgan fingerprint density at radius 2 is 2.29 bits per heavy atom. The Balaban J connectivity index is 2.35. The van der Waals surface area contributed by atoms with Gasteiger partial charge in [-0.15, -0.1) is 13.0 Å². The predicted molar refractivity (Wildman–Crippen MR) is 105 cm³/mol. The summed E-state index contributed by atoms with van der Waals surface area (Å²) in [6.07, 6.45) is 8.63. The molecule has 1 aromatic rings. The van der Waals surface area contributed by atoms with Gasteiger partial charge < -0.3 is 9.47 Å². The number of hydrogen-bond donors (Lipinski definition) is 0. The number of amides is 1. The maximum absolute atomic E-state index is 12.4. The van der Waals surface area contributed by atoms with Crippen LogP contribution in [-0.4, -0.2) is 35.4 Å². The van der Waals surface area contributed by atoms with Gasteiger partial charge in [0.2, 0.25) is 0 Å². The molecule has 1 amide bonds. The van der Waals surface area contributed by atoms with Crippen LogP contribution in [-0.2, 0) is 4.79 Å². The van der Waals surface area contributed by atoms with Crippen LogP contribution in [0.5, 0.6) is 11.5 Å². The maximum atomic E-state index is 12.4. The summed E-state index contributed by atoms with van der Waals surface area (Å²) >= 11 is 9.93. The number of methoxy groups -OCH3 is 1. The average molecular weight is 424 g/mol. The van der Waals surface area contributed by atoms with Gasteiger partial charge in [-0.1, -0.05) is 36.0 Å². The van der Waals surface area contributed by atoms with Crippen molar-refractivity contribution in [2.24, 2.45) is 0 Å². The number of benzene rings is 1. The smallest absolute Gasteiger partial charge is 0.266 e. The lowest BCUT2D eigenvalue weighted by Gasteiger charge is -2.12. The van der Waals surface area contributed by atoms with Gasteiger partial charge in [-0.05, 0) is 39.7 Å². The van der Waals surface area contributed by atoms with Crippen LogP contribution in [0.15, 0.2) is 34.2 Å². The van der Waals surface area contributed by atoms with Crippen molar-refractivity contribution >= 4 is 56.2 Å². The van der Waals surface area contributed by atoms with E-state index >= 15 is 0 Å². The summed E-state index contributed by atoms with van der Waals surface area (Å²) in [4.78, 5) is 14.4. The van der Waals surface area contributed by atoms with Crippen molar-refractivity contribution < 1.29 is 14.3 Å². The van der Waals surface area contributed by atoms with Gasteiger partial charge in [-0.25, -0.2) is 0 Å². The topological polar surface area (TPSA) is 38.8 Å². The number of thiocarbonyl (C=S) groups is 1. The number of carbonyl (C=O) groups is 1. The number of ether oxygens (including phenoxy) is 2. The molecule has 1 heterocycles. The number of carbonyl (C=O) groups excluding carboxylic acids is 1. The summed E-state index contributed by atoms with van der Waals surface area (Å²) in [6, 6.07) is 3.60. The minimum Gasteiger partial charge on any atom is -0.493 e. The largest absolute Gasteiger partial charge is 0.493 e. The molecule has 0 aliphatic carbocycles. The maximum Gasteiger partial charge on any atom is 0.266 e. The van der Waals surface area contributed by atoms with E-state index in [0.29, 0.717) is 31.7 Å². The van der Waals surface area contributed by atoms with E-state index < -0.39 is 0 Å². The predicted octanol–water partition coefficient (Wildman–Crippen LogP) is 3.86. The third-order valence-electron chi connectivity index (χ3n) is 3.03. The van der Waals surface area contributed by atoms with E-state index in [2.05, 4.69) is 28.4 Å². The standard InChI is InChI=1S/C17H14BrNO3S2/c1-4-6-19-16(20)14(24-17(19)23)10-11-8-12(18)15(22-7-5-2)13(9-11)21-3/h2,4,8-10H,1,6-7H2,3H3/b14-10+. The Labute approximate surface area is 159 Å². The van der Waals surface area contributed by atoms with Crippen LogP contribution in [0.4, 0.5) is 0 Å². The fraction of sp³-hybridized carbons (Fsp3) is 0.176. The van der Waals surface area contributed by atoms with Crippen LogP contribution >= 0.6 is 39.9 Å². The first kappa shape index (κ1) is 18.6. The lowest BCUT2D eigenvalue weighted by atomic mass is 10.2. The van der Waals surface area contributed by atoms with E-state index in [1.165, 1.54) is 23.8 Å². The Morgan fingerprint density at radius 1 is 1.54 bits per heavy atom. The average Bonchev–Trinajstić information content (AvgIpc) is 2.81. The van der Waals surface area contributed by atoms with Crippen LogP contribution in [0, 0.1) is 12.3 Å². The fourth-order valence-electron chi connectivity index (χ4n) is 2.01. The van der Waals surface area contributed by atoms with Crippen molar-refractivity contribution in [3.63, 3.8) is 0 Å². The molecular weight excluding hydrogens is 410 g/mol. The van der Waals surface area contributed by atoms with Gasteiger partial charge >= 0.3 is 0 Å². The number of hydrogen-bond acceptors (Lipinski definition) is 5. The molecule has 0 bridgehead atoms. The third-order valence-corrected chi connectivity index (χ3v) is 5.00. The Hall–Kier alpha value is -1.75. The molecule has 1 saturated heterocycles. The van der Waals surface area contributed by atoms with Gasteiger partial charge in [0.05, 0.1) is 16.5 Å². The highest BCUT2D eigenvalue weighted by molar-refractivity contribution is 9.10. The molecule has 0 spiro atoms. The first-order valence-electron chi connectivity index (χ1n) is 6.81. The van der Waals surface area contributed by atoms with Crippen LogP contribution in [0.1, 0.15) is 5.56 Å². The first-order valence-corrected chi connectivity index (χ1v) is 8.83. The monoisotopic (exact) mass is 423 g/mol. The molecule has 1 aliphatic rings. The summed E-state index contributed by atoms with van der Waals surface area (Å²) in [7, 11) is 1.54. The Morgan fingerprint density at radius 3 is 2.92 bits per heavy atom. The number of nitrogens with zero attached hydrogens (tertiary/aromatic N) is 1. The Kier molecular flexibility index (Phi) is 6.49. The lowest BCUT2D eigenvalue weighted by molar-refractivity contribution is -0.121. The van der Waals surface area contributed by atoms with Gasteiger partial charge in [0, 0.05) is 6.54 Å². The van der Waals surface area contributed by atoms with Crippen molar-refractivity contribution in [2.45, 2.75) is 0 Å². The first-order chi connectivity index (χ1) is 11.5. The van der Waals surface area contributed by atoms with E-state index in [-0.39, 0.29) is 12.5 Å². The van der Waals surface area contributed by atoms with E-state index in [4.69, 9.17) is 28.1 Å². The molecule has 0 aromatic heterocycles. The summed E-state index contributed by atoms with van der Waals surface area (Å²) in [5.41, 5.74) is 0.783. The zero-order valence-electron chi connectivity index (χ0n) is 12.9. The molecule has 1 aliphatic heterocycles. The van der Waals surface area contributed by atoms with E-state index in [1.54, 1.807) is 18.2 Å². The van der Waals surface area contributed by atoms with Crippen LogP contribution in [0.3, 0.4) is 0 Å². The minimum atomic E-state index is -0.132. The molecule has 124 valence electrons. The van der Waals surface area contributed by atoms with Gasteiger partial charge in [0.25, 0.3) is 5.91 Å². The number of terminal acetylenes is 1. The molecule has 0 atom stereocenters. The van der Waals surface area contributed by atoms with Crippen molar-refractivity contribution in [2.75, 3.05) is 20.3 Å². The molecule has 0 N–H and O–H groups in total. The normalized spacial score (nSPS) is 15.5. The van der Waals surface area contributed by atoms with Crippen molar-refractivity contribution in [1.29, 1.82) is 0 Å². The van der Waals surface area contributed by atoms with E-state index in [0.717, 1.165) is 5.56 Å². The van der Waals surface area contributed by atoms with Crippen molar-refractivity contribution in [1.82, 2.24) is 4.90 Å². The van der Waals surface area contributed by atoms with Gasteiger partial charge in [-0.3, -0.25) is 9.69 Å². The van der Waals surface area contributed by atoms with E-state index in [9.17, 15) is 4.79 Å². The van der Waals surface area contributed by atoms with Gasteiger partial charge in [0.1, 0.15) is 10.9 Å². The minimum absolute atomic E-state index is 0.132. The quantitative estimate of drug-likeness (QED) is 0.300. The van der Waals surface area contributed by atoms with E-state index in [1.807, 2.05) is 6.07 Å². The van der Waals surface area contributed by atoms with Gasteiger partial charge in [-0.2, -0.15) is 0 Å². The molecule has 1 fully saturated rings. The highest BCUT2D eigenvalue weighted by atomic mass is 79.9. The summed E-state index contributed by atoms with van der Waals surface area (Å²) in [5.74, 6) is 3.32. The molecule has 2 rings (SSSR count). The lowest BCUT2D eigenvalue weighted by Crippen LogP contribution is -2.27. The number of thioether (sulfide) groups is 1. The summed E-state index contributed by atoms with van der Waals surface area (Å²) < 4.78 is 12.0. The SMILES string of the molecule is C#CCOc1c(Br)cc(/C=C2/SC(=S)N(CC=C)C2=O)cc1OC. The van der Waals surface area contributed by atoms with Gasteiger partial charge in [0.15, 0.2) is 11.5 Å². The second-order valence-electron chi connectivity index (χ2n) is 4.61. The zero-order chi connectivity index (χ0) is 17.7. The highest BCUT2D eigenvalue weighted by Crippen LogP contribution is 2.39. The van der Waals surface area contributed by atoms with Crippen LogP contribution in [0.2, 0.25) is 0 Å². The van der Waals surface area contributed by atoms with Crippen molar-refractivity contribution in [3.8, 4) is 23.8 Å². The molecule has 1 aromatic carbocycles. The zero-order valence-corrected chi connectivity index (χ0v) is 16.1. The molecule has 0 unspecified atom stereocenters.